The van der Waals surface area contributed by atoms with Crippen LogP contribution in [0.2, 0.25) is 0 Å². The molecule has 2 N–H and O–H groups in total. The zero-order valence-corrected chi connectivity index (χ0v) is 11.5. The summed E-state index contributed by atoms with van der Waals surface area (Å²) in [7, 11) is 0. The van der Waals surface area contributed by atoms with Crippen molar-refractivity contribution in [3.63, 3.8) is 0 Å². The van der Waals surface area contributed by atoms with Gasteiger partial charge in [-0.25, -0.2) is 13.2 Å². The Labute approximate surface area is 118 Å². The third-order valence-electron chi connectivity index (χ3n) is 2.93. The van der Waals surface area contributed by atoms with Gasteiger partial charge >= 0.3 is 0 Å². The molecule has 2 rings (SSSR count). The summed E-state index contributed by atoms with van der Waals surface area (Å²) in [6.45, 7) is 1.91. The topological polar surface area (TPSA) is 49.8 Å². The van der Waals surface area contributed by atoms with Crippen molar-refractivity contribution in [3.8, 4) is 16.5 Å². The first-order valence-corrected chi connectivity index (χ1v) is 6.78. The number of benzene rings is 1. The zero-order valence-electron chi connectivity index (χ0n) is 10.6. The molecule has 0 atom stereocenters. The maximum absolute atomic E-state index is 13.9. The van der Waals surface area contributed by atoms with E-state index in [1.807, 2.05) is 13.0 Å². The summed E-state index contributed by atoms with van der Waals surface area (Å²) in [6, 6.07) is 3.97. The smallest absolute Gasteiger partial charge is 0.195 e. The number of anilines is 1. The van der Waals surface area contributed by atoms with E-state index in [-0.39, 0.29) is 10.4 Å². The first kappa shape index (κ1) is 14.4. The van der Waals surface area contributed by atoms with Crippen LogP contribution in [0.5, 0.6) is 0 Å². The Kier molecular flexibility index (Phi) is 4.00. The van der Waals surface area contributed by atoms with Gasteiger partial charge in [-0.1, -0.05) is 13.3 Å². The van der Waals surface area contributed by atoms with E-state index >= 15 is 0 Å². The van der Waals surface area contributed by atoms with E-state index in [1.165, 1.54) is 6.07 Å². The normalized spacial score (nSPS) is 10.6. The van der Waals surface area contributed by atoms with E-state index in [4.69, 9.17) is 11.0 Å². The molecule has 0 bridgehead atoms. The predicted octanol–water partition coefficient (Wildman–Crippen LogP) is 4.24. The molecular formula is C14H11F3N2S. The Morgan fingerprint density at radius 3 is 2.55 bits per heavy atom. The minimum Gasteiger partial charge on any atom is -0.397 e. The van der Waals surface area contributed by atoms with Crippen molar-refractivity contribution in [1.29, 1.82) is 5.26 Å². The molecule has 1 heterocycles. The molecule has 0 radical (unpaired) electrons. The number of nitrogen functional groups attached to an aromatic ring is 1. The lowest BCUT2D eigenvalue weighted by atomic mass is 10.0. The number of nitrogens with two attached hydrogens (primary N) is 1. The molecular weight excluding hydrogens is 285 g/mol. The summed E-state index contributed by atoms with van der Waals surface area (Å²) in [4.78, 5) is 0.643. The molecule has 0 aliphatic rings. The molecule has 20 heavy (non-hydrogen) atoms. The zero-order chi connectivity index (χ0) is 14.9. The molecule has 104 valence electrons. The van der Waals surface area contributed by atoms with Crippen LogP contribution >= 0.6 is 11.3 Å². The van der Waals surface area contributed by atoms with Gasteiger partial charge in [0.15, 0.2) is 17.5 Å². The summed E-state index contributed by atoms with van der Waals surface area (Å²) < 4.78 is 40.2. The van der Waals surface area contributed by atoms with Crippen molar-refractivity contribution < 1.29 is 13.2 Å². The highest BCUT2D eigenvalue weighted by molar-refractivity contribution is 7.16. The molecule has 0 spiro atoms. The van der Waals surface area contributed by atoms with E-state index < -0.39 is 17.5 Å². The lowest BCUT2D eigenvalue weighted by Crippen LogP contribution is -1.96. The average molecular weight is 296 g/mol. The van der Waals surface area contributed by atoms with Gasteiger partial charge in [0.2, 0.25) is 0 Å². The van der Waals surface area contributed by atoms with Gasteiger partial charge in [0.25, 0.3) is 0 Å². The third-order valence-corrected chi connectivity index (χ3v) is 4.12. The molecule has 0 saturated carbocycles. The van der Waals surface area contributed by atoms with Crippen LogP contribution in [-0.4, -0.2) is 0 Å². The number of halogens is 3. The van der Waals surface area contributed by atoms with Gasteiger partial charge in [0.1, 0.15) is 10.9 Å². The number of rotatable bonds is 3. The Bertz CT molecular complexity index is 701. The average Bonchev–Trinajstić information content (AvgIpc) is 2.74. The number of nitriles is 1. The largest absolute Gasteiger partial charge is 0.397 e. The Balaban J connectivity index is 2.70. The molecule has 0 unspecified atom stereocenters. The summed E-state index contributed by atoms with van der Waals surface area (Å²) >= 11 is 0.993. The van der Waals surface area contributed by atoms with Crippen LogP contribution in [0.15, 0.2) is 12.1 Å². The quantitative estimate of drug-likeness (QED) is 0.861. The molecule has 0 saturated heterocycles. The van der Waals surface area contributed by atoms with E-state index in [0.29, 0.717) is 22.5 Å². The molecule has 0 aliphatic heterocycles. The standard InChI is InChI=1S/C14H11F3N2S/c1-2-3-8-13(19)10(6-18)20-14(8)7-4-5-9(15)12(17)11(7)16/h4-5H,2-3,19H2,1H3. The van der Waals surface area contributed by atoms with Gasteiger partial charge in [-0.05, 0) is 24.1 Å². The molecule has 1 aromatic heterocycles. The third kappa shape index (κ3) is 2.25. The Morgan fingerprint density at radius 1 is 1.25 bits per heavy atom. The highest BCUT2D eigenvalue weighted by Gasteiger charge is 2.22. The fourth-order valence-electron chi connectivity index (χ4n) is 1.98. The number of hydrogen-bond acceptors (Lipinski definition) is 3. The van der Waals surface area contributed by atoms with E-state index in [2.05, 4.69) is 0 Å². The van der Waals surface area contributed by atoms with Crippen LogP contribution in [0.4, 0.5) is 18.9 Å². The lowest BCUT2D eigenvalue weighted by Gasteiger charge is -2.06. The monoisotopic (exact) mass is 296 g/mol. The Morgan fingerprint density at radius 2 is 1.95 bits per heavy atom. The minimum atomic E-state index is -1.52. The van der Waals surface area contributed by atoms with Crippen molar-refractivity contribution in [1.82, 2.24) is 0 Å². The molecule has 0 aliphatic carbocycles. The molecule has 0 amide bonds. The fourth-order valence-corrected chi connectivity index (χ4v) is 3.06. The van der Waals surface area contributed by atoms with Crippen molar-refractivity contribution in [2.45, 2.75) is 19.8 Å². The maximum atomic E-state index is 13.9. The highest BCUT2D eigenvalue weighted by Crippen LogP contribution is 2.40. The summed E-state index contributed by atoms with van der Waals surface area (Å²) in [5.41, 5.74) is 6.69. The van der Waals surface area contributed by atoms with E-state index in [0.717, 1.165) is 23.8 Å². The van der Waals surface area contributed by atoms with Crippen molar-refractivity contribution in [2.24, 2.45) is 0 Å². The van der Waals surface area contributed by atoms with E-state index in [9.17, 15) is 13.2 Å². The number of thiophene rings is 1. The lowest BCUT2D eigenvalue weighted by molar-refractivity contribution is 0.449. The first-order chi connectivity index (χ1) is 9.51. The SMILES string of the molecule is CCCc1c(-c2ccc(F)c(F)c2F)sc(C#N)c1N. The van der Waals surface area contributed by atoms with Crippen LogP contribution < -0.4 is 5.73 Å². The van der Waals surface area contributed by atoms with Crippen molar-refractivity contribution >= 4 is 17.0 Å². The van der Waals surface area contributed by atoms with Crippen molar-refractivity contribution in [3.05, 3.63) is 40.0 Å². The van der Waals surface area contributed by atoms with Gasteiger partial charge in [0.05, 0.1) is 5.69 Å². The van der Waals surface area contributed by atoms with Gasteiger partial charge in [-0.15, -0.1) is 11.3 Å². The van der Waals surface area contributed by atoms with Crippen LogP contribution in [0.3, 0.4) is 0 Å². The highest BCUT2D eigenvalue weighted by atomic mass is 32.1. The summed E-state index contributed by atoms with van der Waals surface area (Å²) in [5, 5.41) is 8.99. The van der Waals surface area contributed by atoms with Gasteiger partial charge in [-0.3, -0.25) is 0 Å². The second kappa shape index (κ2) is 5.55. The summed E-state index contributed by atoms with van der Waals surface area (Å²) in [6.07, 6.45) is 1.28. The molecule has 0 fully saturated rings. The molecule has 2 aromatic rings. The van der Waals surface area contributed by atoms with Crippen LogP contribution in [0.25, 0.3) is 10.4 Å². The number of nitrogens with zero attached hydrogens (tertiary/aromatic N) is 1. The van der Waals surface area contributed by atoms with Gasteiger partial charge in [-0.2, -0.15) is 5.26 Å². The minimum absolute atomic E-state index is 0.0643. The Hall–Kier alpha value is -2.00. The van der Waals surface area contributed by atoms with Gasteiger partial charge in [0, 0.05) is 10.4 Å². The predicted molar refractivity (Wildman–Crippen MR) is 72.8 cm³/mol. The first-order valence-electron chi connectivity index (χ1n) is 5.96. The maximum Gasteiger partial charge on any atom is 0.195 e. The fraction of sp³-hybridized carbons (Fsp3) is 0.214. The second-order valence-electron chi connectivity index (χ2n) is 4.24. The van der Waals surface area contributed by atoms with Crippen LogP contribution in [0, 0.1) is 28.8 Å². The summed E-state index contributed by atoms with van der Waals surface area (Å²) in [5.74, 6) is -4.02. The second-order valence-corrected chi connectivity index (χ2v) is 5.26. The molecule has 6 heteroatoms. The molecule has 1 aromatic carbocycles. The van der Waals surface area contributed by atoms with Crippen LogP contribution in [-0.2, 0) is 6.42 Å². The van der Waals surface area contributed by atoms with Crippen molar-refractivity contribution in [2.75, 3.05) is 5.73 Å². The van der Waals surface area contributed by atoms with Gasteiger partial charge < -0.3 is 5.73 Å². The van der Waals surface area contributed by atoms with Crippen LogP contribution in [0.1, 0.15) is 23.8 Å². The molecule has 2 nitrogen and oxygen atoms in total. The number of hydrogen-bond donors (Lipinski definition) is 1. The van der Waals surface area contributed by atoms with E-state index in [1.54, 1.807) is 0 Å².